The van der Waals surface area contributed by atoms with E-state index in [2.05, 4.69) is 34.2 Å². The van der Waals surface area contributed by atoms with E-state index in [1.54, 1.807) is 11.3 Å². The highest BCUT2D eigenvalue weighted by Crippen LogP contribution is 2.36. The van der Waals surface area contributed by atoms with Gasteiger partial charge >= 0.3 is 0 Å². The van der Waals surface area contributed by atoms with Gasteiger partial charge in [-0.25, -0.2) is 4.98 Å². The molecule has 0 saturated carbocycles. The number of H-pyrrole nitrogens is 1. The predicted molar refractivity (Wildman–Crippen MR) is 129 cm³/mol. The van der Waals surface area contributed by atoms with Crippen molar-refractivity contribution in [2.45, 2.75) is 24.3 Å². The van der Waals surface area contributed by atoms with Gasteiger partial charge in [-0.15, -0.1) is 32.9 Å². The molecule has 0 aliphatic heterocycles. The maximum absolute atomic E-state index is 12.9. The number of fused-ring (bicyclic) bond motifs is 1. The lowest BCUT2D eigenvalue weighted by Crippen LogP contribution is -2.12. The number of hydrogen-bond donors (Lipinski definition) is 1. The molecule has 4 heterocycles. The Labute approximate surface area is 191 Å². The topological polar surface area (TPSA) is 76.5 Å². The Bertz CT molecular complexity index is 1410. The van der Waals surface area contributed by atoms with Crippen molar-refractivity contribution in [2.75, 3.05) is 0 Å². The highest BCUT2D eigenvalue weighted by molar-refractivity contribution is 7.99. The van der Waals surface area contributed by atoms with Crippen LogP contribution in [0.3, 0.4) is 0 Å². The highest BCUT2D eigenvalue weighted by Gasteiger charge is 2.20. The first-order valence-corrected chi connectivity index (χ1v) is 12.3. The zero-order valence-corrected chi connectivity index (χ0v) is 19.6. The molecule has 31 heavy (non-hydrogen) atoms. The van der Waals surface area contributed by atoms with Crippen molar-refractivity contribution in [1.29, 1.82) is 0 Å². The largest absolute Gasteiger partial charge is 0.309 e. The van der Waals surface area contributed by atoms with Gasteiger partial charge in [-0.05, 0) is 25.3 Å². The van der Waals surface area contributed by atoms with Crippen LogP contribution >= 0.6 is 34.4 Å². The van der Waals surface area contributed by atoms with E-state index < -0.39 is 0 Å². The summed E-state index contributed by atoms with van der Waals surface area (Å²) in [4.78, 5) is 22.5. The van der Waals surface area contributed by atoms with E-state index in [-0.39, 0.29) is 10.8 Å². The van der Waals surface area contributed by atoms with E-state index in [0.717, 1.165) is 31.8 Å². The van der Waals surface area contributed by atoms with Crippen LogP contribution < -0.4 is 5.56 Å². The van der Waals surface area contributed by atoms with Crippen molar-refractivity contribution in [2.24, 2.45) is 7.05 Å². The molecule has 0 fully saturated rings. The summed E-state index contributed by atoms with van der Waals surface area (Å²) in [7, 11) is 1.95. The van der Waals surface area contributed by atoms with E-state index in [1.165, 1.54) is 28.7 Å². The minimum atomic E-state index is -0.101. The second-order valence-corrected chi connectivity index (χ2v) is 10.4. The molecule has 0 amide bonds. The number of rotatable bonds is 5. The van der Waals surface area contributed by atoms with Gasteiger partial charge in [-0.3, -0.25) is 4.79 Å². The first-order chi connectivity index (χ1) is 15.0. The molecule has 4 aromatic heterocycles. The summed E-state index contributed by atoms with van der Waals surface area (Å²) in [5, 5.41) is 14.1. The maximum Gasteiger partial charge on any atom is 0.260 e. The normalized spacial score (nSPS) is 12.5. The highest BCUT2D eigenvalue weighted by atomic mass is 32.2. The second-order valence-electron chi connectivity index (χ2n) is 7.25. The number of aryl methyl sites for hydroxylation is 1. The zero-order chi connectivity index (χ0) is 21.5. The monoisotopic (exact) mass is 465 g/mol. The smallest absolute Gasteiger partial charge is 0.260 e. The van der Waals surface area contributed by atoms with Gasteiger partial charge in [0.2, 0.25) is 0 Å². The first kappa shape index (κ1) is 20.2. The molecule has 0 saturated heterocycles. The Balaban J connectivity index is 1.44. The van der Waals surface area contributed by atoms with Gasteiger partial charge in [-0.2, -0.15) is 0 Å². The van der Waals surface area contributed by atoms with E-state index in [9.17, 15) is 4.79 Å². The fraction of sp³-hybridized carbons (Fsp3) is 0.182. The van der Waals surface area contributed by atoms with Crippen molar-refractivity contribution in [3.8, 4) is 21.8 Å². The van der Waals surface area contributed by atoms with Crippen LogP contribution in [0.1, 0.15) is 23.6 Å². The molecule has 5 rings (SSSR count). The summed E-state index contributed by atoms with van der Waals surface area (Å²) in [6.45, 7) is 4.08. The lowest BCUT2D eigenvalue weighted by atomic mass is 10.1. The third kappa shape index (κ3) is 3.73. The Kier molecular flexibility index (Phi) is 5.25. The first-order valence-electron chi connectivity index (χ1n) is 9.69. The van der Waals surface area contributed by atoms with Crippen LogP contribution in [0.4, 0.5) is 0 Å². The van der Waals surface area contributed by atoms with Gasteiger partial charge in [0.25, 0.3) is 5.56 Å². The molecule has 1 unspecified atom stereocenters. The number of aromatic amines is 1. The fourth-order valence-corrected chi connectivity index (χ4v) is 6.00. The number of thiophene rings is 2. The number of aromatic nitrogens is 5. The molecule has 5 aromatic rings. The Morgan fingerprint density at radius 1 is 1.13 bits per heavy atom. The van der Waals surface area contributed by atoms with Crippen molar-refractivity contribution < 1.29 is 0 Å². The summed E-state index contributed by atoms with van der Waals surface area (Å²) >= 11 is 4.65. The van der Waals surface area contributed by atoms with Crippen LogP contribution in [0.2, 0.25) is 0 Å². The Morgan fingerprint density at radius 3 is 2.68 bits per heavy atom. The Hall–Kier alpha value is -2.75. The van der Waals surface area contributed by atoms with Crippen LogP contribution in [0.15, 0.2) is 57.1 Å². The standard InChI is InChI=1S/C22H19N5OS3/c1-12-6-8-14(9-7-12)19-25-26-22(27(19)3)31-13(2)18-23-20(28)17-15(11-30-21(17)24-18)16-5-4-10-29-16/h4-11,13H,1-3H3,(H,23,24,28). The molecule has 0 radical (unpaired) electrons. The van der Waals surface area contributed by atoms with Crippen molar-refractivity contribution in [3.63, 3.8) is 0 Å². The summed E-state index contributed by atoms with van der Waals surface area (Å²) in [5.74, 6) is 1.45. The van der Waals surface area contributed by atoms with Crippen molar-refractivity contribution in [1.82, 2.24) is 24.7 Å². The van der Waals surface area contributed by atoms with E-state index in [4.69, 9.17) is 4.98 Å². The van der Waals surface area contributed by atoms with Gasteiger partial charge in [0.1, 0.15) is 10.7 Å². The van der Waals surface area contributed by atoms with E-state index in [0.29, 0.717) is 11.2 Å². The third-order valence-corrected chi connectivity index (χ3v) is 7.98. The maximum atomic E-state index is 12.9. The number of nitrogens with one attached hydrogen (secondary N) is 1. The van der Waals surface area contributed by atoms with Crippen LogP contribution in [-0.2, 0) is 7.05 Å². The summed E-state index contributed by atoms with van der Waals surface area (Å²) in [5.41, 5.74) is 3.07. The minimum Gasteiger partial charge on any atom is -0.309 e. The van der Waals surface area contributed by atoms with Gasteiger partial charge in [0.05, 0.1) is 10.6 Å². The van der Waals surface area contributed by atoms with Gasteiger partial charge < -0.3 is 9.55 Å². The van der Waals surface area contributed by atoms with Crippen molar-refractivity contribution in [3.05, 3.63) is 68.9 Å². The molecule has 0 aliphatic carbocycles. The molecule has 1 atom stereocenters. The average molecular weight is 466 g/mol. The van der Waals surface area contributed by atoms with Gasteiger partial charge in [0.15, 0.2) is 11.0 Å². The third-order valence-electron chi connectivity index (χ3n) is 5.06. The van der Waals surface area contributed by atoms with Crippen LogP contribution in [0.25, 0.3) is 32.0 Å². The van der Waals surface area contributed by atoms with Gasteiger partial charge in [-0.1, -0.05) is 47.7 Å². The number of thioether (sulfide) groups is 1. The summed E-state index contributed by atoms with van der Waals surface area (Å²) < 4.78 is 1.97. The quantitative estimate of drug-likeness (QED) is 0.338. The van der Waals surface area contributed by atoms with Crippen molar-refractivity contribution >= 4 is 44.7 Å². The lowest BCUT2D eigenvalue weighted by molar-refractivity contribution is 0.786. The molecule has 1 N–H and O–H groups in total. The molecular weight excluding hydrogens is 446 g/mol. The molecule has 0 spiro atoms. The zero-order valence-electron chi connectivity index (χ0n) is 17.1. The van der Waals surface area contributed by atoms with E-state index in [1.807, 2.05) is 53.6 Å². The fourth-order valence-electron chi connectivity index (χ4n) is 3.36. The molecular formula is C22H19N5OS3. The minimum absolute atomic E-state index is 0.0850. The molecule has 1 aromatic carbocycles. The molecule has 9 heteroatoms. The molecule has 6 nitrogen and oxygen atoms in total. The lowest BCUT2D eigenvalue weighted by Gasteiger charge is -2.10. The van der Waals surface area contributed by atoms with Crippen LogP contribution in [0.5, 0.6) is 0 Å². The Morgan fingerprint density at radius 2 is 1.94 bits per heavy atom. The molecule has 0 aliphatic rings. The number of hydrogen-bond acceptors (Lipinski definition) is 7. The van der Waals surface area contributed by atoms with Crippen LogP contribution in [-0.4, -0.2) is 24.7 Å². The average Bonchev–Trinajstić information content (AvgIpc) is 3.49. The van der Waals surface area contributed by atoms with Gasteiger partial charge in [0, 0.05) is 28.4 Å². The summed E-state index contributed by atoms with van der Waals surface area (Å²) in [6, 6.07) is 12.2. The molecule has 0 bridgehead atoms. The van der Waals surface area contributed by atoms with Crippen LogP contribution in [0, 0.1) is 6.92 Å². The number of benzene rings is 1. The predicted octanol–water partition coefficient (Wildman–Crippen LogP) is 5.67. The van der Waals surface area contributed by atoms with E-state index >= 15 is 0 Å². The number of nitrogens with zero attached hydrogens (tertiary/aromatic N) is 4. The molecule has 156 valence electrons. The summed E-state index contributed by atoms with van der Waals surface area (Å²) in [6.07, 6.45) is 0. The second kappa shape index (κ2) is 8.07. The SMILES string of the molecule is Cc1ccc(-c2nnc(SC(C)c3nc4scc(-c5cccs5)c4c(=O)[nH]3)n2C)cc1.